The van der Waals surface area contributed by atoms with E-state index in [-0.39, 0.29) is 22.5 Å². The SMILES string of the molecule is Cc1ccc(NC(=O)c2c[nH]n3c(=O)cc(C)nc23)c(F)c1. The van der Waals surface area contributed by atoms with Crippen LogP contribution < -0.4 is 10.9 Å². The molecule has 0 fully saturated rings. The van der Waals surface area contributed by atoms with Crippen LogP contribution in [-0.2, 0) is 0 Å². The minimum Gasteiger partial charge on any atom is -0.319 e. The number of nitrogens with zero attached hydrogens (tertiary/aromatic N) is 2. The number of fused-ring (bicyclic) bond motifs is 1. The number of anilines is 1. The van der Waals surface area contributed by atoms with Gasteiger partial charge >= 0.3 is 0 Å². The third-order valence-electron chi connectivity index (χ3n) is 3.24. The summed E-state index contributed by atoms with van der Waals surface area (Å²) in [5.41, 5.74) is 1.38. The zero-order valence-electron chi connectivity index (χ0n) is 12.0. The largest absolute Gasteiger partial charge is 0.319 e. The third kappa shape index (κ3) is 2.37. The Morgan fingerprint density at radius 3 is 2.82 bits per heavy atom. The van der Waals surface area contributed by atoms with Crippen molar-refractivity contribution < 1.29 is 9.18 Å². The molecular formula is C15H13FN4O2. The maximum absolute atomic E-state index is 13.8. The van der Waals surface area contributed by atoms with Gasteiger partial charge < -0.3 is 5.32 Å². The molecule has 3 rings (SSSR count). The van der Waals surface area contributed by atoms with Gasteiger partial charge in [0.25, 0.3) is 11.5 Å². The number of aromatic amines is 1. The molecular weight excluding hydrogens is 287 g/mol. The summed E-state index contributed by atoms with van der Waals surface area (Å²) in [7, 11) is 0. The van der Waals surface area contributed by atoms with Crippen molar-refractivity contribution in [1.29, 1.82) is 0 Å². The van der Waals surface area contributed by atoms with E-state index >= 15 is 0 Å². The standard InChI is InChI=1S/C15H13FN4O2/c1-8-3-4-12(11(16)5-8)19-15(22)10-7-17-20-13(21)6-9(2)18-14(10)20/h3-7,17H,1-2H3,(H,19,22). The van der Waals surface area contributed by atoms with E-state index in [0.29, 0.717) is 5.69 Å². The average molecular weight is 300 g/mol. The van der Waals surface area contributed by atoms with E-state index in [1.54, 1.807) is 19.9 Å². The maximum atomic E-state index is 13.8. The van der Waals surface area contributed by atoms with Gasteiger partial charge in [-0.3, -0.25) is 14.7 Å². The molecule has 6 nitrogen and oxygen atoms in total. The Bertz CT molecular complexity index is 942. The molecule has 0 atom stereocenters. The Balaban J connectivity index is 2.01. The Labute approximate surface area is 124 Å². The van der Waals surface area contributed by atoms with Gasteiger partial charge in [0, 0.05) is 18.0 Å². The molecule has 0 aliphatic heterocycles. The number of rotatable bonds is 2. The summed E-state index contributed by atoms with van der Waals surface area (Å²) in [5, 5.41) is 5.14. The second-order valence-corrected chi connectivity index (χ2v) is 5.02. The van der Waals surface area contributed by atoms with Gasteiger partial charge in [-0.05, 0) is 31.5 Å². The van der Waals surface area contributed by atoms with Gasteiger partial charge in [-0.25, -0.2) is 13.9 Å². The van der Waals surface area contributed by atoms with Crippen LogP contribution in [0.2, 0.25) is 0 Å². The van der Waals surface area contributed by atoms with E-state index in [1.165, 1.54) is 24.4 Å². The fourth-order valence-electron chi connectivity index (χ4n) is 2.17. The van der Waals surface area contributed by atoms with Crippen molar-refractivity contribution >= 4 is 17.2 Å². The van der Waals surface area contributed by atoms with Crippen molar-refractivity contribution in [3.63, 3.8) is 0 Å². The van der Waals surface area contributed by atoms with E-state index in [1.807, 2.05) is 0 Å². The first kappa shape index (κ1) is 14.0. The number of amides is 1. The lowest BCUT2D eigenvalue weighted by atomic mass is 10.2. The normalized spacial score (nSPS) is 10.9. The molecule has 1 amide bonds. The summed E-state index contributed by atoms with van der Waals surface area (Å²) in [5.74, 6) is -1.06. The quantitative estimate of drug-likeness (QED) is 0.760. The highest BCUT2D eigenvalue weighted by molar-refractivity contribution is 6.08. The van der Waals surface area contributed by atoms with Gasteiger partial charge in [-0.15, -0.1) is 0 Å². The lowest BCUT2D eigenvalue weighted by Crippen LogP contribution is -2.17. The predicted octanol–water partition coefficient (Wildman–Crippen LogP) is 2.03. The molecule has 0 saturated carbocycles. The second-order valence-electron chi connectivity index (χ2n) is 5.02. The molecule has 2 N–H and O–H groups in total. The van der Waals surface area contributed by atoms with Crippen LogP contribution >= 0.6 is 0 Å². The zero-order valence-corrected chi connectivity index (χ0v) is 12.0. The van der Waals surface area contributed by atoms with E-state index in [0.717, 1.165) is 10.1 Å². The van der Waals surface area contributed by atoms with Crippen molar-refractivity contribution in [1.82, 2.24) is 14.6 Å². The Hall–Kier alpha value is -2.96. The number of aromatic nitrogens is 3. The molecule has 2 aromatic heterocycles. The molecule has 0 aliphatic rings. The van der Waals surface area contributed by atoms with E-state index in [9.17, 15) is 14.0 Å². The molecule has 0 radical (unpaired) electrons. The first-order chi connectivity index (χ1) is 10.5. The minimum atomic E-state index is -0.543. The molecule has 0 saturated heterocycles. The third-order valence-corrected chi connectivity index (χ3v) is 3.24. The molecule has 1 aromatic carbocycles. The molecule has 112 valence electrons. The summed E-state index contributed by atoms with van der Waals surface area (Å²) in [6.45, 7) is 3.42. The Kier molecular flexibility index (Phi) is 3.25. The highest BCUT2D eigenvalue weighted by Gasteiger charge is 2.16. The van der Waals surface area contributed by atoms with Crippen LogP contribution in [0.5, 0.6) is 0 Å². The monoisotopic (exact) mass is 300 g/mol. The van der Waals surface area contributed by atoms with Crippen LogP contribution in [0, 0.1) is 19.7 Å². The molecule has 3 aromatic rings. The van der Waals surface area contributed by atoms with Crippen molar-refractivity contribution in [2.75, 3.05) is 5.32 Å². The molecule has 0 aliphatic carbocycles. The fourth-order valence-corrected chi connectivity index (χ4v) is 2.17. The summed E-state index contributed by atoms with van der Waals surface area (Å²) in [4.78, 5) is 28.3. The van der Waals surface area contributed by atoms with Crippen LogP contribution in [0.1, 0.15) is 21.6 Å². The van der Waals surface area contributed by atoms with Crippen LogP contribution in [-0.4, -0.2) is 20.5 Å². The number of carbonyl (C=O) groups excluding carboxylic acids is 1. The van der Waals surface area contributed by atoms with Gasteiger partial charge in [0.1, 0.15) is 11.4 Å². The number of nitrogens with one attached hydrogen (secondary N) is 2. The van der Waals surface area contributed by atoms with Crippen LogP contribution in [0.25, 0.3) is 5.65 Å². The average Bonchev–Trinajstić information content (AvgIpc) is 2.86. The fraction of sp³-hybridized carbons (Fsp3) is 0.133. The molecule has 7 heteroatoms. The molecule has 0 spiro atoms. The van der Waals surface area contributed by atoms with Crippen molar-refractivity contribution in [3.8, 4) is 0 Å². The molecule has 0 unspecified atom stereocenters. The number of hydrogen-bond acceptors (Lipinski definition) is 3. The number of aryl methyl sites for hydroxylation is 2. The maximum Gasteiger partial charge on any atom is 0.272 e. The highest BCUT2D eigenvalue weighted by atomic mass is 19.1. The Morgan fingerprint density at radius 1 is 1.32 bits per heavy atom. The van der Waals surface area contributed by atoms with Gasteiger partial charge in [-0.1, -0.05) is 6.07 Å². The van der Waals surface area contributed by atoms with Crippen molar-refractivity contribution in [2.45, 2.75) is 13.8 Å². The molecule has 0 bridgehead atoms. The van der Waals surface area contributed by atoms with Crippen LogP contribution in [0.3, 0.4) is 0 Å². The molecule has 2 heterocycles. The summed E-state index contributed by atoms with van der Waals surface area (Å²) in [6, 6.07) is 5.87. The first-order valence-corrected chi connectivity index (χ1v) is 6.61. The van der Waals surface area contributed by atoms with Crippen molar-refractivity contribution in [3.05, 3.63) is 63.5 Å². The van der Waals surface area contributed by atoms with Crippen LogP contribution in [0.15, 0.2) is 35.3 Å². The Morgan fingerprint density at radius 2 is 2.09 bits per heavy atom. The first-order valence-electron chi connectivity index (χ1n) is 6.61. The molecule has 22 heavy (non-hydrogen) atoms. The van der Waals surface area contributed by atoms with Crippen molar-refractivity contribution in [2.24, 2.45) is 0 Å². The predicted molar refractivity (Wildman–Crippen MR) is 79.6 cm³/mol. The van der Waals surface area contributed by atoms with Gasteiger partial charge in [0.15, 0.2) is 5.65 Å². The number of hydrogen-bond donors (Lipinski definition) is 2. The number of halogens is 1. The number of benzene rings is 1. The minimum absolute atomic E-state index is 0.0740. The topological polar surface area (TPSA) is 79.3 Å². The van der Waals surface area contributed by atoms with Crippen LogP contribution in [0.4, 0.5) is 10.1 Å². The summed E-state index contributed by atoms with van der Waals surface area (Å²) >= 11 is 0. The lowest BCUT2D eigenvalue weighted by Gasteiger charge is -2.06. The smallest absolute Gasteiger partial charge is 0.272 e. The van der Waals surface area contributed by atoms with E-state index in [4.69, 9.17) is 0 Å². The number of carbonyl (C=O) groups is 1. The van der Waals surface area contributed by atoms with E-state index in [2.05, 4.69) is 15.4 Å². The van der Waals surface area contributed by atoms with E-state index < -0.39 is 11.7 Å². The highest BCUT2D eigenvalue weighted by Crippen LogP contribution is 2.17. The lowest BCUT2D eigenvalue weighted by molar-refractivity contribution is 0.102. The number of H-pyrrole nitrogens is 1. The van der Waals surface area contributed by atoms with Gasteiger partial charge in [0.05, 0.1) is 5.69 Å². The second kappa shape index (κ2) is 5.10. The van der Waals surface area contributed by atoms with Gasteiger partial charge in [0.2, 0.25) is 0 Å². The summed E-state index contributed by atoms with van der Waals surface area (Å²) < 4.78 is 15.0. The zero-order chi connectivity index (χ0) is 15.9. The van der Waals surface area contributed by atoms with Gasteiger partial charge in [-0.2, -0.15) is 0 Å². The summed E-state index contributed by atoms with van der Waals surface area (Å²) in [6.07, 6.45) is 1.37.